The number of hydrogen-bond acceptors (Lipinski definition) is 4. The van der Waals surface area contributed by atoms with Crippen LogP contribution in [0.4, 0.5) is 4.79 Å². The lowest BCUT2D eigenvalue weighted by molar-refractivity contribution is 0.0256. The summed E-state index contributed by atoms with van der Waals surface area (Å²) in [5, 5.41) is 3.68. The summed E-state index contributed by atoms with van der Waals surface area (Å²) in [6.45, 7) is 1.52. The molecule has 3 N–H and O–H groups in total. The lowest BCUT2D eigenvalue weighted by atomic mass is 10.1. The minimum Gasteiger partial charge on any atom is -0.490 e. The quantitative estimate of drug-likeness (QED) is 0.633. The van der Waals surface area contributed by atoms with Crippen molar-refractivity contribution in [1.82, 2.24) is 5.43 Å². The summed E-state index contributed by atoms with van der Waals surface area (Å²) >= 11 is 0. The Labute approximate surface area is 111 Å². The summed E-state index contributed by atoms with van der Waals surface area (Å²) < 4.78 is 11.1. The summed E-state index contributed by atoms with van der Waals surface area (Å²) in [7, 11) is 0. The van der Waals surface area contributed by atoms with Crippen molar-refractivity contribution in [2.75, 3.05) is 13.2 Å². The molecule has 0 spiro atoms. The van der Waals surface area contributed by atoms with Gasteiger partial charge in [0.05, 0.1) is 19.4 Å². The molecule has 1 heterocycles. The van der Waals surface area contributed by atoms with Gasteiger partial charge in [-0.2, -0.15) is 5.10 Å². The Morgan fingerprint density at radius 3 is 2.68 bits per heavy atom. The monoisotopic (exact) mass is 263 g/mol. The van der Waals surface area contributed by atoms with E-state index in [1.54, 1.807) is 0 Å². The number of benzene rings is 1. The SMILES string of the molecule is NC(=O)NN=Cc1ccc(OC2CCOCC2)cc1. The number of amides is 2. The van der Waals surface area contributed by atoms with Gasteiger partial charge in [-0.05, 0) is 29.8 Å². The third kappa shape index (κ3) is 4.59. The summed E-state index contributed by atoms with van der Waals surface area (Å²) in [5.74, 6) is 0.826. The van der Waals surface area contributed by atoms with Gasteiger partial charge in [0.25, 0.3) is 0 Å². The van der Waals surface area contributed by atoms with E-state index in [2.05, 4.69) is 10.5 Å². The van der Waals surface area contributed by atoms with Crippen molar-refractivity contribution >= 4 is 12.2 Å². The number of carbonyl (C=O) groups excluding carboxylic acids is 1. The third-order valence-corrected chi connectivity index (χ3v) is 2.74. The number of ether oxygens (including phenoxy) is 2. The molecule has 1 fully saturated rings. The van der Waals surface area contributed by atoms with E-state index in [1.165, 1.54) is 6.21 Å². The first-order chi connectivity index (χ1) is 9.24. The third-order valence-electron chi connectivity index (χ3n) is 2.74. The van der Waals surface area contributed by atoms with Crippen LogP contribution in [0.25, 0.3) is 0 Å². The number of primary amides is 1. The topological polar surface area (TPSA) is 85.9 Å². The molecule has 6 heteroatoms. The highest BCUT2D eigenvalue weighted by Gasteiger charge is 2.14. The minimum atomic E-state index is -0.685. The molecule has 6 nitrogen and oxygen atoms in total. The van der Waals surface area contributed by atoms with Gasteiger partial charge in [0.1, 0.15) is 11.9 Å². The van der Waals surface area contributed by atoms with Crippen LogP contribution in [0.3, 0.4) is 0 Å². The molecule has 0 aliphatic carbocycles. The molecule has 19 heavy (non-hydrogen) atoms. The molecule has 0 radical (unpaired) electrons. The van der Waals surface area contributed by atoms with Crippen LogP contribution in [0.15, 0.2) is 29.4 Å². The van der Waals surface area contributed by atoms with E-state index in [-0.39, 0.29) is 6.10 Å². The Morgan fingerprint density at radius 1 is 1.37 bits per heavy atom. The molecule has 0 aromatic heterocycles. The molecule has 1 aliphatic heterocycles. The number of rotatable bonds is 4. The van der Waals surface area contributed by atoms with E-state index in [1.807, 2.05) is 24.3 Å². The first-order valence-electron chi connectivity index (χ1n) is 6.17. The van der Waals surface area contributed by atoms with Crippen LogP contribution >= 0.6 is 0 Å². The normalized spacial score (nSPS) is 16.4. The predicted molar refractivity (Wildman–Crippen MR) is 71.2 cm³/mol. The number of hydrogen-bond donors (Lipinski definition) is 2. The smallest absolute Gasteiger partial charge is 0.332 e. The molecule has 1 aromatic carbocycles. The van der Waals surface area contributed by atoms with E-state index in [0.717, 1.165) is 37.4 Å². The van der Waals surface area contributed by atoms with Crippen molar-refractivity contribution < 1.29 is 14.3 Å². The number of hydrazone groups is 1. The number of nitrogens with one attached hydrogen (secondary N) is 1. The first kappa shape index (κ1) is 13.4. The molecule has 0 atom stereocenters. The Balaban J connectivity index is 1.86. The van der Waals surface area contributed by atoms with Gasteiger partial charge in [0.15, 0.2) is 0 Å². The zero-order valence-electron chi connectivity index (χ0n) is 10.5. The zero-order valence-corrected chi connectivity index (χ0v) is 10.5. The fourth-order valence-corrected chi connectivity index (χ4v) is 1.79. The van der Waals surface area contributed by atoms with Crippen LogP contribution in [0.5, 0.6) is 5.75 Å². The maximum atomic E-state index is 10.4. The Morgan fingerprint density at radius 2 is 2.05 bits per heavy atom. The average Bonchev–Trinajstić information content (AvgIpc) is 2.42. The second-order valence-corrected chi connectivity index (χ2v) is 4.23. The van der Waals surface area contributed by atoms with Gasteiger partial charge in [-0.25, -0.2) is 10.2 Å². The van der Waals surface area contributed by atoms with Crippen molar-refractivity contribution in [3.05, 3.63) is 29.8 Å². The van der Waals surface area contributed by atoms with Crippen LogP contribution < -0.4 is 15.9 Å². The predicted octanol–water partition coefficient (Wildman–Crippen LogP) is 1.25. The average molecular weight is 263 g/mol. The number of carbonyl (C=O) groups is 1. The van der Waals surface area contributed by atoms with Crippen molar-refractivity contribution in [1.29, 1.82) is 0 Å². The van der Waals surface area contributed by atoms with E-state index in [9.17, 15) is 4.79 Å². The molecule has 0 bridgehead atoms. The minimum absolute atomic E-state index is 0.227. The number of urea groups is 1. The maximum Gasteiger partial charge on any atom is 0.332 e. The number of nitrogens with two attached hydrogens (primary N) is 1. The fraction of sp³-hybridized carbons (Fsp3) is 0.385. The molecule has 102 valence electrons. The molecule has 2 amide bonds. The number of nitrogens with zero attached hydrogens (tertiary/aromatic N) is 1. The van der Waals surface area contributed by atoms with Crippen molar-refractivity contribution in [2.24, 2.45) is 10.8 Å². The van der Waals surface area contributed by atoms with Crippen LogP contribution in [0, 0.1) is 0 Å². The summed E-state index contributed by atoms with van der Waals surface area (Å²) in [4.78, 5) is 10.4. The van der Waals surface area contributed by atoms with Crippen LogP contribution in [0.2, 0.25) is 0 Å². The fourth-order valence-electron chi connectivity index (χ4n) is 1.79. The van der Waals surface area contributed by atoms with Gasteiger partial charge in [-0.1, -0.05) is 0 Å². The second-order valence-electron chi connectivity index (χ2n) is 4.23. The lowest BCUT2D eigenvalue weighted by Gasteiger charge is -2.23. The zero-order chi connectivity index (χ0) is 13.5. The highest BCUT2D eigenvalue weighted by molar-refractivity contribution is 5.81. The molecule has 1 saturated heterocycles. The van der Waals surface area contributed by atoms with Crippen molar-refractivity contribution in [3.63, 3.8) is 0 Å². The molecular formula is C13H17N3O3. The summed E-state index contributed by atoms with van der Waals surface area (Å²) in [6.07, 6.45) is 3.59. The summed E-state index contributed by atoms with van der Waals surface area (Å²) in [5.41, 5.74) is 7.88. The molecule has 1 aliphatic rings. The largest absolute Gasteiger partial charge is 0.490 e. The molecule has 1 aromatic rings. The Bertz CT molecular complexity index is 439. The van der Waals surface area contributed by atoms with Gasteiger partial charge in [0, 0.05) is 12.8 Å². The lowest BCUT2D eigenvalue weighted by Crippen LogP contribution is -2.25. The summed E-state index contributed by atoms with van der Waals surface area (Å²) in [6, 6.07) is 6.79. The molecule has 0 saturated carbocycles. The first-order valence-corrected chi connectivity index (χ1v) is 6.17. The van der Waals surface area contributed by atoms with Gasteiger partial charge in [-0.3, -0.25) is 0 Å². The van der Waals surface area contributed by atoms with Crippen molar-refractivity contribution in [3.8, 4) is 5.75 Å². The van der Waals surface area contributed by atoms with Crippen molar-refractivity contribution in [2.45, 2.75) is 18.9 Å². The molecule has 2 rings (SSSR count). The van der Waals surface area contributed by atoms with Gasteiger partial charge in [0.2, 0.25) is 0 Å². The van der Waals surface area contributed by atoms with Crippen LogP contribution in [-0.4, -0.2) is 31.6 Å². The molecule has 0 unspecified atom stereocenters. The highest BCUT2D eigenvalue weighted by Crippen LogP contribution is 2.18. The maximum absolute atomic E-state index is 10.4. The van der Waals surface area contributed by atoms with E-state index in [0.29, 0.717) is 0 Å². The second kappa shape index (κ2) is 6.75. The Kier molecular flexibility index (Phi) is 4.74. The highest BCUT2D eigenvalue weighted by atomic mass is 16.5. The molecular weight excluding hydrogens is 246 g/mol. The van der Waals surface area contributed by atoms with E-state index >= 15 is 0 Å². The standard InChI is InChI=1S/C13H17N3O3/c14-13(17)16-15-9-10-1-3-11(4-2-10)19-12-5-7-18-8-6-12/h1-4,9,12H,5-8H2,(H3,14,16,17). The Hall–Kier alpha value is -2.08. The van der Waals surface area contributed by atoms with E-state index in [4.69, 9.17) is 15.2 Å². The van der Waals surface area contributed by atoms with Gasteiger partial charge in [-0.15, -0.1) is 0 Å². The van der Waals surface area contributed by atoms with Gasteiger partial charge >= 0.3 is 6.03 Å². The van der Waals surface area contributed by atoms with Crippen LogP contribution in [0.1, 0.15) is 18.4 Å². The van der Waals surface area contributed by atoms with Gasteiger partial charge < -0.3 is 15.2 Å². The van der Waals surface area contributed by atoms with Crippen LogP contribution in [-0.2, 0) is 4.74 Å². The van der Waals surface area contributed by atoms with E-state index < -0.39 is 6.03 Å².